The van der Waals surface area contributed by atoms with Crippen molar-refractivity contribution < 1.29 is 23.9 Å². The molecule has 0 aliphatic carbocycles. The van der Waals surface area contributed by atoms with Crippen LogP contribution >= 0.6 is 11.6 Å². The average molecular weight is 568 g/mol. The van der Waals surface area contributed by atoms with Crippen molar-refractivity contribution >= 4 is 58.0 Å². The van der Waals surface area contributed by atoms with Gasteiger partial charge in [-0.3, -0.25) is 14.4 Å². The number of amides is 2. The molecule has 1 heterocycles. The molecule has 3 rings (SSSR count). The fourth-order valence-electron chi connectivity index (χ4n) is 3.36. The number of carbonyl (C=O) groups excluding carboxylic acids is 3. The van der Waals surface area contributed by atoms with Gasteiger partial charge in [-0.15, -0.1) is 0 Å². The van der Waals surface area contributed by atoms with Gasteiger partial charge in [0.2, 0.25) is 11.9 Å². The van der Waals surface area contributed by atoms with Crippen LogP contribution in [0.1, 0.15) is 10.4 Å². The molecule has 0 spiro atoms. The zero-order valence-electron chi connectivity index (χ0n) is 22.5. The van der Waals surface area contributed by atoms with Crippen LogP contribution in [0.5, 0.6) is 11.5 Å². The molecule has 0 fully saturated rings. The molecular weight excluding hydrogens is 538 g/mol. The van der Waals surface area contributed by atoms with Crippen LogP contribution in [0.3, 0.4) is 0 Å². The van der Waals surface area contributed by atoms with Crippen molar-refractivity contribution in [3.63, 3.8) is 0 Å². The molecule has 0 aliphatic heterocycles. The SMILES string of the molecule is C=CC(=O)Nc1cc(Nc2ncc(Cl)c(Nc3ccccc3C(=O)C(=O)NC)n2)c(OC)cc1OCCN(C)C. The molecule has 0 bridgehead atoms. The van der Waals surface area contributed by atoms with E-state index in [0.29, 0.717) is 41.7 Å². The molecule has 4 N–H and O–H groups in total. The van der Waals surface area contributed by atoms with Gasteiger partial charge in [-0.05, 0) is 38.4 Å². The van der Waals surface area contributed by atoms with Crippen LogP contribution < -0.4 is 30.7 Å². The van der Waals surface area contributed by atoms with Crippen molar-refractivity contribution in [1.29, 1.82) is 0 Å². The van der Waals surface area contributed by atoms with E-state index in [1.807, 2.05) is 19.0 Å². The van der Waals surface area contributed by atoms with Crippen molar-refractivity contribution in [3.05, 3.63) is 65.8 Å². The second-order valence-corrected chi connectivity index (χ2v) is 8.89. The van der Waals surface area contributed by atoms with Gasteiger partial charge in [0.05, 0.1) is 35.9 Å². The first kappa shape index (κ1) is 29.9. The molecule has 40 heavy (non-hydrogen) atoms. The predicted octanol–water partition coefficient (Wildman–Crippen LogP) is 3.62. The zero-order chi connectivity index (χ0) is 29.2. The second kappa shape index (κ2) is 13.9. The number of anilines is 5. The third-order valence-electron chi connectivity index (χ3n) is 5.39. The number of para-hydroxylation sites is 1. The monoisotopic (exact) mass is 567 g/mol. The van der Waals surface area contributed by atoms with Gasteiger partial charge in [-0.25, -0.2) is 4.98 Å². The van der Waals surface area contributed by atoms with Crippen LogP contribution in [-0.2, 0) is 9.59 Å². The summed E-state index contributed by atoms with van der Waals surface area (Å²) in [5.74, 6) is -0.802. The fourth-order valence-corrected chi connectivity index (χ4v) is 3.49. The Morgan fingerprint density at radius 3 is 2.50 bits per heavy atom. The molecule has 13 heteroatoms. The van der Waals surface area contributed by atoms with Gasteiger partial charge in [-0.2, -0.15) is 4.98 Å². The molecule has 2 amide bonds. The molecule has 1 aromatic heterocycles. The highest BCUT2D eigenvalue weighted by atomic mass is 35.5. The summed E-state index contributed by atoms with van der Waals surface area (Å²) in [6, 6.07) is 9.72. The lowest BCUT2D eigenvalue weighted by Gasteiger charge is -2.18. The van der Waals surface area contributed by atoms with E-state index >= 15 is 0 Å². The molecule has 0 radical (unpaired) electrons. The van der Waals surface area contributed by atoms with E-state index in [1.165, 1.54) is 26.4 Å². The summed E-state index contributed by atoms with van der Waals surface area (Å²) in [6.07, 6.45) is 2.52. The van der Waals surface area contributed by atoms with Gasteiger partial charge in [-0.1, -0.05) is 30.3 Å². The number of hydrogen-bond donors (Lipinski definition) is 4. The molecule has 0 saturated heterocycles. The predicted molar refractivity (Wildman–Crippen MR) is 154 cm³/mol. The summed E-state index contributed by atoms with van der Waals surface area (Å²) in [6.45, 7) is 4.53. The topological polar surface area (TPSA) is 147 Å². The molecule has 0 unspecified atom stereocenters. The molecule has 2 aromatic carbocycles. The lowest BCUT2D eigenvalue weighted by Crippen LogP contribution is -2.28. The number of ketones is 1. The van der Waals surface area contributed by atoms with E-state index in [4.69, 9.17) is 21.1 Å². The number of hydrogen-bond acceptors (Lipinski definition) is 10. The first-order valence-corrected chi connectivity index (χ1v) is 12.4. The largest absolute Gasteiger partial charge is 0.494 e. The van der Waals surface area contributed by atoms with Gasteiger partial charge in [0.25, 0.3) is 11.7 Å². The molecule has 12 nitrogen and oxygen atoms in total. The Kier molecular flexibility index (Phi) is 10.4. The van der Waals surface area contributed by atoms with Gasteiger partial charge >= 0.3 is 0 Å². The van der Waals surface area contributed by atoms with E-state index < -0.39 is 17.6 Å². The summed E-state index contributed by atoms with van der Waals surface area (Å²) in [5, 5.41) is 11.3. The van der Waals surface area contributed by atoms with Gasteiger partial charge in [0, 0.05) is 19.7 Å². The Morgan fingerprint density at radius 1 is 1.07 bits per heavy atom. The molecule has 0 saturated carbocycles. The number of halogens is 1. The van der Waals surface area contributed by atoms with Gasteiger partial charge in [0.15, 0.2) is 5.82 Å². The summed E-state index contributed by atoms with van der Waals surface area (Å²) >= 11 is 6.34. The normalized spacial score (nSPS) is 10.4. The van der Waals surface area contributed by atoms with Crippen molar-refractivity contribution in [1.82, 2.24) is 20.2 Å². The van der Waals surface area contributed by atoms with Crippen LogP contribution in [0.25, 0.3) is 0 Å². The number of ether oxygens (including phenoxy) is 2. The Hall–Kier alpha value is -4.68. The number of nitrogens with one attached hydrogen (secondary N) is 4. The highest BCUT2D eigenvalue weighted by molar-refractivity contribution is 6.44. The van der Waals surface area contributed by atoms with Crippen LogP contribution in [0.4, 0.5) is 28.8 Å². The summed E-state index contributed by atoms with van der Waals surface area (Å²) in [5.41, 5.74) is 1.26. The van der Waals surface area contributed by atoms with E-state index in [0.717, 1.165) is 6.08 Å². The number of likely N-dealkylation sites (N-methyl/N-ethyl adjacent to an activating group) is 2. The first-order chi connectivity index (χ1) is 19.2. The first-order valence-electron chi connectivity index (χ1n) is 12.0. The summed E-state index contributed by atoms with van der Waals surface area (Å²) in [4.78, 5) is 47.1. The quantitative estimate of drug-likeness (QED) is 0.137. The summed E-state index contributed by atoms with van der Waals surface area (Å²) in [7, 11) is 6.71. The van der Waals surface area contributed by atoms with E-state index in [9.17, 15) is 14.4 Å². The number of methoxy groups -OCH3 is 1. The highest BCUT2D eigenvalue weighted by Crippen LogP contribution is 2.38. The third-order valence-corrected chi connectivity index (χ3v) is 5.67. The van der Waals surface area contributed by atoms with Crippen molar-refractivity contribution in [2.75, 3.05) is 57.4 Å². The van der Waals surface area contributed by atoms with Gasteiger partial charge in [0.1, 0.15) is 23.1 Å². The average Bonchev–Trinajstić information content (AvgIpc) is 2.95. The number of carbonyl (C=O) groups is 3. The fraction of sp³-hybridized carbons (Fsp3) is 0.222. The highest BCUT2D eigenvalue weighted by Gasteiger charge is 2.20. The van der Waals surface area contributed by atoms with Crippen molar-refractivity contribution in [2.24, 2.45) is 0 Å². The van der Waals surface area contributed by atoms with Crippen LogP contribution in [0, 0.1) is 0 Å². The zero-order valence-corrected chi connectivity index (χ0v) is 23.3. The minimum absolute atomic E-state index is 0.127. The van der Waals surface area contributed by atoms with E-state index in [-0.39, 0.29) is 22.4 Å². The van der Waals surface area contributed by atoms with Crippen LogP contribution in [0.15, 0.2) is 55.3 Å². The molecular formula is C27H30ClN7O5. The van der Waals surface area contributed by atoms with Crippen LogP contribution in [-0.4, -0.2) is 73.9 Å². The lowest BCUT2D eigenvalue weighted by molar-refractivity contribution is -0.116. The van der Waals surface area contributed by atoms with E-state index in [2.05, 4.69) is 37.8 Å². The third kappa shape index (κ3) is 7.68. The maximum atomic E-state index is 12.5. The van der Waals surface area contributed by atoms with Crippen LogP contribution in [0.2, 0.25) is 5.02 Å². The molecule has 0 aliphatic rings. The smallest absolute Gasteiger partial charge is 0.292 e. The number of aromatic nitrogens is 2. The minimum atomic E-state index is -0.758. The maximum absolute atomic E-state index is 12.5. The Labute approximate surface area is 236 Å². The number of rotatable bonds is 13. The maximum Gasteiger partial charge on any atom is 0.292 e. The molecule has 0 atom stereocenters. The standard InChI is InChI=1S/C27H30ClN7O5/c1-6-23(36)31-20-13-19(21(39-5)14-22(20)40-12-11-35(3)4)33-27-30-15-17(28)25(34-27)32-18-10-8-7-9-16(18)24(37)26(38)29-2/h6-10,13-15H,1,11-12H2,2-5H3,(H,29,38)(H,31,36)(H2,30,32,33,34). The lowest BCUT2D eigenvalue weighted by atomic mass is 10.1. The molecule has 3 aromatic rings. The number of Topliss-reactive ketones (excluding diaryl/α,β-unsaturated/α-hetero) is 1. The summed E-state index contributed by atoms with van der Waals surface area (Å²) < 4.78 is 11.4. The van der Waals surface area contributed by atoms with Crippen molar-refractivity contribution in [2.45, 2.75) is 0 Å². The minimum Gasteiger partial charge on any atom is -0.494 e. The van der Waals surface area contributed by atoms with E-state index in [1.54, 1.807) is 30.3 Å². The Morgan fingerprint density at radius 2 is 1.82 bits per heavy atom. The van der Waals surface area contributed by atoms with Gasteiger partial charge < -0.3 is 35.6 Å². The molecule has 210 valence electrons. The number of nitrogens with zero attached hydrogens (tertiary/aromatic N) is 3. The number of benzene rings is 2. The Balaban J connectivity index is 1.94. The second-order valence-electron chi connectivity index (χ2n) is 8.49. The van der Waals surface area contributed by atoms with Crippen molar-refractivity contribution in [3.8, 4) is 11.5 Å². The Bertz CT molecular complexity index is 1410.